The Morgan fingerprint density at radius 2 is 1.67 bits per heavy atom. The Hall–Kier alpha value is -1.06. The van der Waals surface area contributed by atoms with Crippen molar-refractivity contribution in [1.82, 2.24) is 4.90 Å². The predicted octanol–water partition coefficient (Wildman–Crippen LogP) is 1.50. The molecule has 0 atom stereocenters. The number of likely N-dealkylation sites (tertiary alicyclic amines) is 1. The highest BCUT2D eigenvalue weighted by Crippen LogP contribution is 2.37. The molecule has 1 saturated heterocycles. The summed E-state index contributed by atoms with van der Waals surface area (Å²) in [4.78, 5) is 23.2. The van der Waals surface area contributed by atoms with Crippen molar-refractivity contribution in [3.63, 3.8) is 0 Å². The third kappa shape index (κ3) is 2.49. The molecule has 0 aromatic carbocycles. The van der Waals surface area contributed by atoms with Gasteiger partial charge in [-0.3, -0.25) is 4.79 Å². The van der Waals surface area contributed by atoms with Gasteiger partial charge in [-0.05, 0) is 18.3 Å². The van der Waals surface area contributed by atoms with Gasteiger partial charge in [0.25, 0.3) is 0 Å². The maximum atomic E-state index is 11.2. The van der Waals surface area contributed by atoms with E-state index in [-0.39, 0.29) is 0 Å². The van der Waals surface area contributed by atoms with Crippen molar-refractivity contribution in [3.05, 3.63) is 0 Å². The Kier molecular flexibility index (Phi) is 3.72. The Balaban J connectivity index is 2.55. The van der Waals surface area contributed by atoms with Gasteiger partial charge in [0.05, 0.1) is 0 Å². The molecule has 0 radical (unpaired) electrons. The van der Waals surface area contributed by atoms with Gasteiger partial charge in [-0.15, -0.1) is 0 Å². The molecule has 1 rings (SSSR count). The van der Waals surface area contributed by atoms with E-state index in [1.807, 2.05) is 0 Å². The monoisotopic (exact) mass is 213 g/mol. The lowest BCUT2D eigenvalue weighted by Gasteiger charge is -2.40. The van der Waals surface area contributed by atoms with Crippen molar-refractivity contribution < 1.29 is 14.7 Å². The van der Waals surface area contributed by atoms with E-state index in [0.717, 1.165) is 25.7 Å². The van der Waals surface area contributed by atoms with Crippen LogP contribution in [0.1, 0.15) is 39.5 Å². The van der Waals surface area contributed by atoms with Crippen LogP contribution in [0.2, 0.25) is 0 Å². The van der Waals surface area contributed by atoms with E-state index in [1.54, 1.807) is 0 Å². The van der Waals surface area contributed by atoms with E-state index in [2.05, 4.69) is 13.8 Å². The first kappa shape index (κ1) is 12.0. The lowest BCUT2D eigenvalue weighted by molar-refractivity contribution is -0.157. The number of rotatable bonds is 2. The molecule has 1 fully saturated rings. The SMILES string of the molecule is CCC1(CC)CCN(C(=O)C(=O)O)CC1. The van der Waals surface area contributed by atoms with Crippen LogP contribution in [0.5, 0.6) is 0 Å². The van der Waals surface area contributed by atoms with Gasteiger partial charge in [0.2, 0.25) is 0 Å². The van der Waals surface area contributed by atoms with Crippen LogP contribution < -0.4 is 0 Å². The number of piperidine rings is 1. The van der Waals surface area contributed by atoms with Gasteiger partial charge in [-0.2, -0.15) is 0 Å². The quantitative estimate of drug-likeness (QED) is 0.707. The van der Waals surface area contributed by atoms with Crippen LogP contribution in [0.15, 0.2) is 0 Å². The molecule has 0 unspecified atom stereocenters. The van der Waals surface area contributed by atoms with Crippen LogP contribution in [-0.2, 0) is 9.59 Å². The summed E-state index contributed by atoms with van der Waals surface area (Å²) in [7, 11) is 0. The molecule has 1 N–H and O–H groups in total. The number of carbonyl (C=O) groups is 2. The number of amides is 1. The topological polar surface area (TPSA) is 57.6 Å². The van der Waals surface area contributed by atoms with E-state index in [1.165, 1.54) is 4.90 Å². The summed E-state index contributed by atoms with van der Waals surface area (Å²) in [6.45, 7) is 5.51. The van der Waals surface area contributed by atoms with Crippen LogP contribution in [0.3, 0.4) is 0 Å². The molecule has 1 heterocycles. The standard InChI is InChI=1S/C11H19NO3/c1-3-11(4-2)5-7-12(8-6-11)9(13)10(14)15/h3-8H2,1-2H3,(H,14,15). The minimum Gasteiger partial charge on any atom is -0.474 e. The highest BCUT2D eigenvalue weighted by Gasteiger charge is 2.34. The first-order valence-corrected chi connectivity index (χ1v) is 5.57. The van der Waals surface area contributed by atoms with Crippen LogP contribution in [0.25, 0.3) is 0 Å². The van der Waals surface area contributed by atoms with Crippen LogP contribution in [-0.4, -0.2) is 35.0 Å². The highest BCUT2D eigenvalue weighted by molar-refractivity contribution is 6.31. The molecule has 0 saturated carbocycles. The van der Waals surface area contributed by atoms with Crippen LogP contribution in [0.4, 0.5) is 0 Å². The molecular weight excluding hydrogens is 194 g/mol. The summed E-state index contributed by atoms with van der Waals surface area (Å²) in [5, 5.41) is 8.59. The third-order valence-electron chi connectivity index (χ3n) is 3.79. The van der Waals surface area contributed by atoms with Crippen molar-refractivity contribution in [2.45, 2.75) is 39.5 Å². The van der Waals surface area contributed by atoms with E-state index in [4.69, 9.17) is 5.11 Å². The lowest BCUT2D eigenvalue weighted by Crippen LogP contribution is -2.45. The number of carbonyl (C=O) groups excluding carboxylic acids is 1. The summed E-state index contributed by atoms with van der Waals surface area (Å²) in [6.07, 6.45) is 4.08. The van der Waals surface area contributed by atoms with E-state index in [9.17, 15) is 9.59 Å². The molecule has 86 valence electrons. The number of carboxylic acid groups (broad SMARTS) is 1. The summed E-state index contributed by atoms with van der Waals surface area (Å²) < 4.78 is 0. The molecule has 1 aliphatic heterocycles. The molecule has 0 spiro atoms. The van der Waals surface area contributed by atoms with Crippen molar-refractivity contribution in [3.8, 4) is 0 Å². The molecule has 1 amide bonds. The van der Waals surface area contributed by atoms with Crippen molar-refractivity contribution >= 4 is 11.9 Å². The minimum atomic E-state index is -1.34. The number of aliphatic carboxylic acids is 1. The smallest absolute Gasteiger partial charge is 0.394 e. The van der Waals surface area contributed by atoms with Crippen LogP contribution >= 0.6 is 0 Å². The molecular formula is C11H19NO3. The predicted molar refractivity (Wildman–Crippen MR) is 56.5 cm³/mol. The molecule has 0 bridgehead atoms. The van der Waals surface area contributed by atoms with Crippen molar-refractivity contribution in [1.29, 1.82) is 0 Å². The Labute approximate surface area is 90.3 Å². The van der Waals surface area contributed by atoms with E-state index < -0.39 is 11.9 Å². The van der Waals surface area contributed by atoms with Gasteiger partial charge >= 0.3 is 11.9 Å². The maximum Gasteiger partial charge on any atom is 0.394 e. The number of hydrogen-bond donors (Lipinski definition) is 1. The van der Waals surface area contributed by atoms with Gasteiger partial charge in [0.1, 0.15) is 0 Å². The zero-order valence-corrected chi connectivity index (χ0v) is 9.45. The second kappa shape index (κ2) is 4.64. The van der Waals surface area contributed by atoms with Crippen LogP contribution in [0, 0.1) is 5.41 Å². The fourth-order valence-corrected chi connectivity index (χ4v) is 2.28. The summed E-state index contributed by atoms with van der Waals surface area (Å²) in [5.41, 5.74) is 0.329. The first-order chi connectivity index (χ1) is 7.04. The zero-order valence-electron chi connectivity index (χ0n) is 9.45. The molecule has 0 aromatic heterocycles. The van der Waals surface area contributed by atoms with E-state index in [0.29, 0.717) is 18.5 Å². The Bertz CT molecular complexity index is 249. The molecule has 0 aliphatic carbocycles. The Morgan fingerprint density at radius 3 is 2.00 bits per heavy atom. The van der Waals surface area contributed by atoms with Gasteiger partial charge in [-0.25, -0.2) is 4.79 Å². The summed E-state index contributed by atoms with van der Waals surface area (Å²) in [5.74, 6) is -2.09. The van der Waals surface area contributed by atoms with Gasteiger partial charge < -0.3 is 10.0 Å². The van der Waals surface area contributed by atoms with Gasteiger partial charge in [0.15, 0.2) is 0 Å². The first-order valence-electron chi connectivity index (χ1n) is 5.57. The van der Waals surface area contributed by atoms with Crippen molar-refractivity contribution in [2.24, 2.45) is 5.41 Å². The largest absolute Gasteiger partial charge is 0.474 e. The van der Waals surface area contributed by atoms with Gasteiger partial charge in [-0.1, -0.05) is 26.7 Å². The lowest BCUT2D eigenvalue weighted by atomic mass is 9.74. The fourth-order valence-electron chi connectivity index (χ4n) is 2.28. The highest BCUT2D eigenvalue weighted by atomic mass is 16.4. The van der Waals surface area contributed by atoms with Crippen molar-refractivity contribution in [2.75, 3.05) is 13.1 Å². The maximum absolute atomic E-state index is 11.2. The average molecular weight is 213 g/mol. The summed E-state index contributed by atoms with van der Waals surface area (Å²) >= 11 is 0. The van der Waals surface area contributed by atoms with Gasteiger partial charge in [0, 0.05) is 13.1 Å². The molecule has 15 heavy (non-hydrogen) atoms. The fraction of sp³-hybridized carbons (Fsp3) is 0.818. The van der Waals surface area contributed by atoms with E-state index >= 15 is 0 Å². The molecule has 1 aliphatic rings. The Morgan fingerprint density at radius 1 is 1.20 bits per heavy atom. The molecule has 4 heteroatoms. The number of hydrogen-bond acceptors (Lipinski definition) is 2. The second-order valence-electron chi connectivity index (χ2n) is 4.30. The number of nitrogens with zero attached hydrogens (tertiary/aromatic N) is 1. The molecule has 4 nitrogen and oxygen atoms in total. The zero-order chi connectivity index (χ0) is 11.5. The third-order valence-corrected chi connectivity index (χ3v) is 3.79. The average Bonchev–Trinajstić information content (AvgIpc) is 2.28. The second-order valence-corrected chi connectivity index (χ2v) is 4.30. The normalized spacial score (nSPS) is 20.0. The minimum absolute atomic E-state index is 0.329. The summed E-state index contributed by atoms with van der Waals surface area (Å²) in [6, 6.07) is 0. The number of carboxylic acids is 1. The molecule has 0 aromatic rings.